The standard InChI is InChI=1S/C15H19FN2O.ClH/c16-12-3-1-2-10(8-12)6-7-17-15(19)14-11-4-5-13(14)18-9-11;/h1-3,8,11,13-14,18H,4-7,9H2,(H,17,19);1H/t11-,13-,14+;/m0./s1. The number of amides is 1. The number of halogens is 2. The zero-order valence-corrected chi connectivity index (χ0v) is 12.1. The molecule has 0 spiro atoms. The molecule has 1 aromatic carbocycles. The number of carbonyl (C=O) groups excluding carboxylic acids is 1. The second-order valence-electron chi connectivity index (χ2n) is 5.55. The highest BCUT2D eigenvalue weighted by Gasteiger charge is 2.45. The van der Waals surface area contributed by atoms with Crippen molar-refractivity contribution in [2.45, 2.75) is 25.3 Å². The number of rotatable bonds is 4. The molecule has 1 heterocycles. The van der Waals surface area contributed by atoms with E-state index in [4.69, 9.17) is 0 Å². The Morgan fingerprint density at radius 3 is 2.85 bits per heavy atom. The molecule has 1 aromatic rings. The molecular weight excluding hydrogens is 279 g/mol. The van der Waals surface area contributed by atoms with Gasteiger partial charge in [0.2, 0.25) is 5.91 Å². The predicted octanol–water partition coefficient (Wildman–Crippen LogP) is 1.90. The second kappa shape index (κ2) is 6.55. The Hall–Kier alpha value is -1.13. The summed E-state index contributed by atoms with van der Waals surface area (Å²) in [6, 6.07) is 6.92. The van der Waals surface area contributed by atoms with Crippen LogP contribution in [-0.2, 0) is 11.2 Å². The average molecular weight is 299 g/mol. The highest BCUT2D eigenvalue weighted by atomic mass is 35.5. The number of piperidine rings is 1. The number of hydrogen-bond acceptors (Lipinski definition) is 2. The number of carbonyl (C=O) groups is 1. The number of nitrogens with one attached hydrogen (secondary N) is 2. The molecule has 3 atom stereocenters. The van der Waals surface area contributed by atoms with E-state index in [1.165, 1.54) is 18.6 Å². The molecule has 5 heteroatoms. The van der Waals surface area contributed by atoms with Gasteiger partial charge in [0.25, 0.3) is 0 Å². The van der Waals surface area contributed by atoms with Crippen LogP contribution in [0.25, 0.3) is 0 Å². The van der Waals surface area contributed by atoms with Gasteiger partial charge in [-0.2, -0.15) is 0 Å². The fourth-order valence-electron chi connectivity index (χ4n) is 3.38. The van der Waals surface area contributed by atoms with Crippen molar-refractivity contribution in [1.82, 2.24) is 10.6 Å². The molecule has 1 saturated carbocycles. The summed E-state index contributed by atoms with van der Waals surface area (Å²) in [5, 5.41) is 6.38. The van der Waals surface area contributed by atoms with E-state index in [0.29, 0.717) is 24.9 Å². The largest absolute Gasteiger partial charge is 0.355 e. The molecule has 110 valence electrons. The molecule has 2 N–H and O–H groups in total. The fourth-order valence-corrected chi connectivity index (χ4v) is 3.38. The number of hydrogen-bond donors (Lipinski definition) is 2. The maximum atomic E-state index is 13.0. The van der Waals surface area contributed by atoms with Gasteiger partial charge in [-0.25, -0.2) is 4.39 Å². The molecule has 20 heavy (non-hydrogen) atoms. The first-order valence-corrected chi connectivity index (χ1v) is 6.99. The van der Waals surface area contributed by atoms with Gasteiger partial charge in [-0.3, -0.25) is 4.79 Å². The Balaban J connectivity index is 0.00000147. The molecule has 0 unspecified atom stereocenters. The summed E-state index contributed by atoms with van der Waals surface area (Å²) in [4.78, 5) is 12.1. The zero-order chi connectivity index (χ0) is 13.2. The van der Waals surface area contributed by atoms with Gasteiger partial charge in [0, 0.05) is 12.6 Å². The summed E-state index contributed by atoms with van der Waals surface area (Å²) in [5.74, 6) is 0.599. The molecular formula is C15H20ClFN2O. The average Bonchev–Trinajstić information content (AvgIpc) is 2.98. The topological polar surface area (TPSA) is 41.1 Å². The van der Waals surface area contributed by atoms with Gasteiger partial charge in [0.1, 0.15) is 5.82 Å². The maximum Gasteiger partial charge on any atom is 0.225 e. The Kier molecular flexibility index (Phi) is 5.00. The first kappa shape index (κ1) is 15.3. The molecule has 0 radical (unpaired) electrons. The molecule has 0 aromatic heterocycles. The summed E-state index contributed by atoms with van der Waals surface area (Å²) in [7, 11) is 0. The van der Waals surface area contributed by atoms with Gasteiger partial charge in [-0.05, 0) is 49.4 Å². The second-order valence-corrected chi connectivity index (χ2v) is 5.55. The molecule has 2 bridgehead atoms. The SMILES string of the molecule is Cl.O=C(NCCc1cccc(F)c1)[C@@H]1[C@H]2CC[C@@H]1NC2. The van der Waals surface area contributed by atoms with Crippen LogP contribution in [0.2, 0.25) is 0 Å². The number of fused-ring (bicyclic) bond motifs is 2. The highest BCUT2D eigenvalue weighted by molar-refractivity contribution is 5.85. The normalized spacial score (nSPS) is 27.1. The van der Waals surface area contributed by atoms with Crippen molar-refractivity contribution < 1.29 is 9.18 Å². The monoisotopic (exact) mass is 298 g/mol. The Bertz CT molecular complexity index is 463. The third-order valence-corrected chi connectivity index (χ3v) is 4.34. The van der Waals surface area contributed by atoms with Crippen molar-refractivity contribution in [2.75, 3.05) is 13.1 Å². The van der Waals surface area contributed by atoms with E-state index in [0.717, 1.165) is 18.5 Å². The zero-order valence-electron chi connectivity index (χ0n) is 11.3. The molecule has 1 amide bonds. The summed E-state index contributed by atoms with van der Waals surface area (Å²) < 4.78 is 13.0. The summed E-state index contributed by atoms with van der Waals surface area (Å²) >= 11 is 0. The Morgan fingerprint density at radius 1 is 1.40 bits per heavy atom. The molecule has 3 nitrogen and oxygen atoms in total. The lowest BCUT2D eigenvalue weighted by Gasteiger charge is -2.14. The Labute approximate surface area is 124 Å². The summed E-state index contributed by atoms with van der Waals surface area (Å²) in [6.45, 7) is 1.56. The minimum absolute atomic E-state index is 0. The third kappa shape index (κ3) is 3.13. The van der Waals surface area contributed by atoms with Crippen molar-refractivity contribution in [3.05, 3.63) is 35.6 Å². The van der Waals surface area contributed by atoms with Gasteiger partial charge in [-0.1, -0.05) is 12.1 Å². The van der Waals surface area contributed by atoms with Gasteiger partial charge in [0.15, 0.2) is 0 Å². The molecule has 1 aliphatic heterocycles. The van der Waals surface area contributed by atoms with Crippen LogP contribution in [0.4, 0.5) is 4.39 Å². The van der Waals surface area contributed by atoms with E-state index in [9.17, 15) is 9.18 Å². The van der Waals surface area contributed by atoms with Crippen molar-refractivity contribution in [1.29, 1.82) is 0 Å². The van der Waals surface area contributed by atoms with Gasteiger partial charge < -0.3 is 10.6 Å². The molecule has 3 rings (SSSR count). The number of benzene rings is 1. The van der Waals surface area contributed by atoms with Crippen LogP contribution < -0.4 is 10.6 Å². The van der Waals surface area contributed by atoms with Crippen molar-refractivity contribution in [2.24, 2.45) is 11.8 Å². The maximum absolute atomic E-state index is 13.0. The van der Waals surface area contributed by atoms with Crippen molar-refractivity contribution >= 4 is 18.3 Å². The van der Waals surface area contributed by atoms with Crippen molar-refractivity contribution in [3.63, 3.8) is 0 Å². The van der Waals surface area contributed by atoms with Crippen LogP contribution in [0, 0.1) is 17.7 Å². The van der Waals surface area contributed by atoms with E-state index in [1.54, 1.807) is 6.07 Å². The first-order chi connectivity index (χ1) is 9.24. The smallest absolute Gasteiger partial charge is 0.225 e. The summed E-state index contributed by atoms with van der Waals surface area (Å²) in [6.07, 6.45) is 2.96. The van der Waals surface area contributed by atoms with E-state index >= 15 is 0 Å². The first-order valence-electron chi connectivity index (χ1n) is 6.99. The van der Waals surface area contributed by atoms with Crippen LogP contribution in [0.1, 0.15) is 18.4 Å². The minimum atomic E-state index is -0.220. The lowest BCUT2D eigenvalue weighted by atomic mass is 9.97. The van der Waals surface area contributed by atoms with Gasteiger partial charge in [-0.15, -0.1) is 12.4 Å². The van der Waals surface area contributed by atoms with Crippen LogP contribution in [0.15, 0.2) is 24.3 Å². The van der Waals surface area contributed by atoms with Crippen LogP contribution in [0.5, 0.6) is 0 Å². The molecule has 1 aliphatic carbocycles. The fraction of sp³-hybridized carbons (Fsp3) is 0.533. The molecule has 2 aliphatic rings. The van der Waals surface area contributed by atoms with E-state index in [-0.39, 0.29) is 30.0 Å². The van der Waals surface area contributed by atoms with Gasteiger partial charge in [0.05, 0.1) is 5.92 Å². The van der Waals surface area contributed by atoms with Crippen LogP contribution in [-0.4, -0.2) is 25.0 Å². The lowest BCUT2D eigenvalue weighted by molar-refractivity contribution is -0.125. The minimum Gasteiger partial charge on any atom is -0.355 e. The summed E-state index contributed by atoms with van der Waals surface area (Å²) in [5.41, 5.74) is 0.924. The quantitative estimate of drug-likeness (QED) is 0.891. The van der Waals surface area contributed by atoms with E-state index < -0.39 is 0 Å². The van der Waals surface area contributed by atoms with E-state index in [2.05, 4.69) is 10.6 Å². The van der Waals surface area contributed by atoms with E-state index in [1.807, 2.05) is 6.07 Å². The third-order valence-electron chi connectivity index (χ3n) is 4.34. The van der Waals surface area contributed by atoms with Crippen LogP contribution >= 0.6 is 12.4 Å². The molecule has 2 fully saturated rings. The van der Waals surface area contributed by atoms with Gasteiger partial charge >= 0.3 is 0 Å². The highest BCUT2D eigenvalue weighted by Crippen LogP contribution is 2.36. The predicted molar refractivity (Wildman–Crippen MR) is 78.4 cm³/mol. The van der Waals surface area contributed by atoms with Crippen LogP contribution in [0.3, 0.4) is 0 Å². The molecule has 1 saturated heterocycles. The van der Waals surface area contributed by atoms with Crippen molar-refractivity contribution in [3.8, 4) is 0 Å². The Morgan fingerprint density at radius 2 is 2.25 bits per heavy atom. The lowest BCUT2D eigenvalue weighted by Crippen LogP contribution is -2.37.